The van der Waals surface area contributed by atoms with Crippen molar-refractivity contribution in [2.24, 2.45) is 0 Å². The zero-order valence-electron chi connectivity index (χ0n) is 17.7. The summed E-state index contributed by atoms with van der Waals surface area (Å²) in [7, 11) is 1.45. The Kier molecular flexibility index (Phi) is 5.48. The molecule has 1 unspecified atom stereocenters. The summed E-state index contributed by atoms with van der Waals surface area (Å²) in [5.41, 5.74) is 1.45. The number of nitrogens with zero attached hydrogens (tertiary/aromatic N) is 7. The SMILES string of the molecule is CNC(=O)c1cn(CC2CC(F)(F)CN2C(=O)c2noc(C)c2Cn2cc(C)cn2)nn1. The summed E-state index contributed by atoms with van der Waals surface area (Å²) in [4.78, 5) is 26.0. The van der Waals surface area contributed by atoms with Gasteiger partial charge in [0.05, 0.1) is 38.1 Å². The molecule has 0 saturated carbocycles. The third-order valence-corrected chi connectivity index (χ3v) is 5.30. The summed E-state index contributed by atoms with van der Waals surface area (Å²) >= 11 is 0. The fraction of sp³-hybridized carbons (Fsp3) is 0.474. The lowest BCUT2D eigenvalue weighted by Gasteiger charge is -2.23. The van der Waals surface area contributed by atoms with Gasteiger partial charge in [0, 0.05) is 25.2 Å². The Balaban J connectivity index is 1.58. The van der Waals surface area contributed by atoms with Crippen molar-refractivity contribution < 1.29 is 22.9 Å². The number of amides is 2. The molecule has 4 rings (SSSR count). The molecule has 1 fully saturated rings. The van der Waals surface area contributed by atoms with Crippen LogP contribution in [0.25, 0.3) is 0 Å². The van der Waals surface area contributed by atoms with Gasteiger partial charge < -0.3 is 14.7 Å². The smallest absolute Gasteiger partial charge is 0.276 e. The molecule has 0 bridgehead atoms. The highest BCUT2D eigenvalue weighted by molar-refractivity contribution is 5.94. The first-order valence-corrected chi connectivity index (χ1v) is 9.92. The molecule has 13 heteroatoms. The summed E-state index contributed by atoms with van der Waals surface area (Å²) in [6.07, 6.45) is 4.27. The third kappa shape index (κ3) is 4.22. The van der Waals surface area contributed by atoms with Crippen LogP contribution in [-0.2, 0) is 13.1 Å². The van der Waals surface area contributed by atoms with E-state index < -0.39 is 36.7 Å². The molecule has 1 aliphatic rings. The number of carbonyl (C=O) groups excluding carboxylic acids is 2. The number of hydrogen-bond acceptors (Lipinski definition) is 7. The third-order valence-electron chi connectivity index (χ3n) is 5.30. The number of likely N-dealkylation sites (tertiary alicyclic amines) is 1. The Bertz CT molecular complexity index is 1150. The Morgan fingerprint density at radius 2 is 2.06 bits per heavy atom. The quantitative estimate of drug-likeness (QED) is 0.597. The van der Waals surface area contributed by atoms with Gasteiger partial charge >= 0.3 is 0 Å². The molecule has 0 spiro atoms. The molecule has 11 nitrogen and oxygen atoms in total. The average molecular weight is 448 g/mol. The van der Waals surface area contributed by atoms with Gasteiger partial charge in [0.2, 0.25) is 0 Å². The van der Waals surface area contributed by atoms with Crippen LogP contribution < -0.4 is 5.32 Å². The summed E-state index contributed by atoms with van der Waals surface area (Å²) < 4.78 is 36.7. The van der Waals surface area contributed by atoms with Crippen LogP contribution in [0.15, 0.2) is 23.1 Å². The van der Waals surface area contributed by atoms with Crippen LogP contribution in [0, 0.1) is 13.8 Å². The number of aryl methyl sites for hydroxylation is 2. The summed E-state index contributed by atoms with van der Waals surface area (Å²) in [5, 5.41) is 18.0. The molecule has 2 amide bonds. The topological polar surface area (TPSA) is 124 Å². The van der Waals surface area contributed by atoms with E-state index in [2.05, 4.69) is 25.9 Å². The van der Waals surface area contributed by atoms with Crippen molar-refractivity contribution in [2.45, 2.75) is 45.3 Å². The average Bonchev–Trinajstić information content (AvgIpc) is 3.50. The van der Waals surface area contributed by atoms with Crippen LogP contribution in [0.5, 0.6) is 0 Å². The minimum absolute atomic E-state index is 0.0250. The maximum absolute atomic E-state index is 14.3. The van der Waals surface area contributed by atoms with Crippen LogP contribution in [0.2, 0.25) is 0 Å². The number of aromatic nitrogens is 6. The lowest BCUT2D eigenvalue weighted by Crippen LogP contribution is -2.39. The van der Waals surface area contributed by atoms with Crippen molar-refractivity contribution in [3.8, 4) is 0 Å². The first-order chi connectivity index (χ1) is 15.2. The predicted molar refractivity (Wildman–Crippen MR) is 105 cm³/mol. The second-order valence-electron chi connectivity index (χ2n) is 7.83. The van der Waals surface area contributed by atoms with Crippen molar-refractivity contribution in [1.82, 2.24) is 40.1 Å². The molecule has 0 aliphatic carbocycles. The van der Waals surface area contributed by atoms with Gasteiger partial charge in [0.1, 0.15) is 5.76 Å². The zero-order chi connectivity index (χ0) is 23.0. The molecule has 170 valence electrons. The molecule has 1 atom stereocenters. The molecule has 4 heterocycles. The first-order valence-electron chi connectivity index (χ1n) is 9.92. The fourth-order valence-electron chi connectivity index (χ4n) is 3.73. The van der Waals surface area contributed by atoms with E-state index in [4.69, 9.17) is 4.52 Å². The standard InChI is InChI=1S/C19H22F2N8O3/c1-11-5-23-27(6-11)8-14-12(2)32-25-16(14)18(31)29-10-19(20,21)4-13(29)7-28-9-15(24-26-28)17(30)22-3/h5-6,9,13H,4,7-8,10H2,1-3H3,(H,22,30). The number of carbonyl (C=O) groups is 2. The number of alkyl halides is 2. The molecule has 32 heavy (non-hydrogen) atoms. The highest BCUT2D eigenvalue weighted by Gasteiger charge is 2.48. The van der Waals surface area contributed by atoms with Crippen LogP contribution in [0.3, 0.4) is 0 Å². The lowest BCUT2D eigenvalue weighted by molar-refractivity contribution is 0.0116. The van der Waals surface area contributed by atoms with Crippen LogP contribution in [0.4, 0.5) is 8.78 Å². The van der Waals surface area contributed by atoms with E-state index in [1.165, 1.54) is 17.9 Å². The van der Waals surface area contributed by atoms with Gasteiger partial charge in [-0.25, -0.2) is 13.5 Å². The van der Waals surface area contributed by atoms with Gasteiger partial charge in [0.15, 0.2) is 11.4 Å². The van der Waals surface area contributed by atoms with E-state index in [0.29, 0.717) is 11.3 Å². The maximum atomic E-state index is 14.3. The van der Waals surface area contributed by atoms with Crippen LogP contribution in [-0.4, -0.2) is 72.2 Å². The number of nitrogens with one attached hydrogen (secondary N) is 1. The van der Waals surface area contributed by atoms with Crippen molar-refractivity contribution >= 4 is 11.8 Å². The Morgan fingerprint density at radius 1 is 1.28 bits per heavy atom. The summed E-state index contributed by atoms with van der Waals surface area (Å²) in [5.74, 6) is -3.76. The molecule has 1 aliphatic heterocycles. The first kappa shape index (κ1) is 21.6. The number of hydrogen-bond donors (Lipinski definition) is 1. The molecule has 0 radical (unpaired) electrons. The normalized spacial score (nSPS) is 17.7. The van der Waals surface area contributed by atoms with E-state index in [1.807, 2.05) is 6.92 Å². The van der Waals surface area contributed by atoms with Crippen molar-refractivity contribution in [2.75, 3.05) is 13.6 Å². The van der Waals surface area contributed by atoms with E-state index in [0.717, 1.165) is 10.5 Å². The Labute approximate surface area is 181 Å². The highest BCUT2D eigenvalue weighted by atomic mass is 19.3. The lowest BCUT2D eigenvalue weighted by atomic mass is 10.1. The van der Waals surface area contributed by atoms with Gasteiger partial charge in [-0.15, -0.1) is 5.10 Å². The minimum atomic E-state index is -3.07. The van der Waals surface area contributed by atoms with Gasteiger partial charge in [-0.05, 0) is 19.4 Å². The predicted octanol–water partition coefficient (Wildman–Crippen LogP) is 1.04. The minimum Gasteiger partial charge on any atom is -0.361 e. The van der Waals surface area contributed by atoms with Gasteiger partial charge in [0.25, 0.3) is 17.7 Å². The van der Waals surface area contributed by atoms with E-state index in [-0.39, 0.29) is 24.5 Å². The fourth-order valence-corrected chi connectivity index (χ4v) is 3.73. The second-order valence-corrected chi connectivity index (χ2v) is 7.83. The largest absolute Gasteiger partial charge is 0.361 e. The monoisotopic (exact) mass is 448 g/mol. The van der Waals surface area contributed by atoms with Crippen molar-refractivity contribution in [1.29, 1.82) is 0 Å². The Hall–Kier alpha value is -3.64. The molecule has 1 saturated heterocycles. The Morgan fingerprint density at radius 3 is 2.75 bits per heavy atom. The molecular weight excluding hydrogens is 426 g/mol. The van der Waals surface area contributed by atoms with Crippen molar-refractivity contribution in [3.05, 3.63) is 46.9 Å². The van der Waals surface area contributed by atoms with Crippen LogP contribution >= 0.6 is 0 Å². The summed E-state index contributed by atoms with van der Waals surface area (Å²) in [6.45, 7) is 2.96. The molecule has 1 N–H and O–H groups in total. The molecule has 3 aromatic rings. The molecular formula is C19H22F2N8O3. The number of rotatable bonds is 6. The second kappa shape index (κ2) is 8.13. The number of halogens is 2. The molecule has 3 aromatic heterocycles. The highest BCUT2D eigenvalue weighted by Crippen LogP contribution is 2.34. The van der Waals surface area contributed by atoms with E-state index in [9.17, 15) is 18.4 Å². The maximum Gasteiger partial charge on any atom is 0.276 e. The van der Waals surface area contributed by atoms with Crippen molar-refractivity contribution in [3.63, 3.8) is 0 Å². The van der Waals surface area contributed by atoms with Gasteiger partial charge in [-0.2, -0.15) is 5.10 Å². The zero-order valence-corrected chi connectivity index (χ0v) is 17.7. The van der Waals surface area contributed by atoms with Crippen LogP contribution in [0.1, 0.15) is 44.3 Å². The van der Waals surface area contributed by atoms with Gasteiger partial charge in [-0.1, -0.05) is 10.4 Å². The summed E-state index contributed by atoms with van der Waals surface area (Å²) in [6, 6.07) is -0.867. The van der Waals surface area contributed by atoms with E-state index in [1.54, 1.807) is 24.0 Å². The van der Waals surface area contributed by atoms with Gasteiger partial charge in [-0.3, -0.25) is 14.3 Å². The van der Waals surface area contributed by atoms with E-state index >= 15 is 0 Å². The molecule has 0 aromatic carbocycles.